The summed E-state index contributed by atoms with van der Waals surface area (Å²) in [7, 11) is -8.81. The van der Waals surface area contributed by atoms with Gasteiger partial charge in [-0.25, -0.2) is 0 Å². The molecule has 0 heterocycles. The Labute approximate surface area is 118 Å². The van der Waals surface area contributed by atoms with Crippen LogP contribution in [0.15, 0.2) is 12.3 Å². The Morgan fingerprint density at radius 1 is 1.10 bits per heavy atom. The second-order valence-electron chi connectivity index (χ2n) is 4.83. The number of nitrogens with zero attached hydrogens (tertiary/aromatic N) is 1. The fourth-order valence-electron chi connectivity index (χ4n) is 1.54. The number of aliphatic hydroxyl groups is 1. The molecule has 0 amide bonds. The number of allylic oxidation sites excluding steroid dienone is 1. The summed E-state index contributed by atoms with van der Waals surface area (Å²) in [5, 5.41) is 6.34. The summed E-state index contributed by atoms with van der Waals surface area (Å²) in [5.41, 5.74) is 0.868. The third-order valence-electron chi connectivity index (χ3n) is 3.09. The fraction of sp³-hybridized carbons (Fsp3) is 0.800. The fourth-order valence-corrected chi connectivity index (χ4v) is 3.80. The SMILES string of the molecule is C=C(C)N(C)CCCCCC(O)(P(=O)(O)O)P(=O)(O)O. The van der Waals surface area contributed by atoms with Gasteiger partial charge in [-0.1, -0.05) is 13.0 Å². The van der Waals surface area contributed by atoms with Crippen LogP contribution < -0.4 is 0 Å². The molecule has 10 heteroatoms. The van der Waals surface area contributed by atoms with Gasteiger partial charge in [0.2, 0.25) is 0 Å². The van der Waals surface area contributed by atoms with E-state index in [1.165, 1.54) is 0 Å². The van der Waals surface area contributed by atoms with Crippen molar-refractivity contribution in [1.29, 1.82) is 0 Å². The lowest BCUT2D eigenvalue weighted by Gasteiger charge is -2.29. The number of hydrogen-bond donors (Lipinski definition) is 5. The van der Waals surface area contributed by atoms with E-state index in [1.54, 1.807) is 0 Å². The van der Waals surface area contributed by atoms with Crippen LogP contribution in [0.5, 0.6) is 0 Å². The smallest absolute Gasteiger partial charge is 0.369 e. The Kier molecular flexibility index (Phi) is 7.11. The second kappa shape index (κ2) is 7.18. The average Bonchev–Trinajstić information content (AvgIpc) is 2.24. The quantitative estimate of drug-likeness (QED) is 0.312. The van der Waals surface area contributed by atoms with Gasteiger partial charge in [0.05, 0.1) is 0 Å². The zero-order valence-electron chi connectivity index (χ0n) is 11.6. The largest absolute Gasteiger partial charge is 0.379 e. The molecule has 0 rings (SSSR count). The van der Waals surface area contributed by atoms with Crippen LogP contribution in [0.2, 0.25) is 0 Å². The van der Waals surface area contributed by atoms with E-state index in [0.29, 0.717) is 19.4 Å². The molecule has 0 aliphatic heterocycles. The van der Waals surface area contributed by atoms with E-state index in [0.717, 1.165) is 5.70 Å². The first-order chi connectivity index (χ1) is 8.83. The van der Waals surface area contributed by atoms with Crippen molar-refractivity contribution in [1.82, 2.24) is 4.90 Å². The first-order valence-electron chi connectivity index (χ1n) is 6.03. The van der Waals surface area contributed by atoms with Gasteiger partial charge in [-0.3, -0.25) is 9.13 Å². The Hall–Kier alpha value is -0.200. The summed E-state index contributed by atoms with van der Waals surface area (Å²) < 4.78 is 22.2. The van der Waals surface area contributed by atoms with Crippen LogP contribution in [0.25, 0.3) is 0 Å². The molecule has 0 saturated carbocycles. The lowest BCUT2D eigenvalue weighted by Crippen LogP contribution is -2.28. The predicted molar refractivity (Wildman–Crippen MR) is 75.0 cm³/mol. The Morgan fingerprint density at radius 3 is 1.90 bits per heavy atom. The van der Waals surface area contributed by atoms with Gasteiger partial charge in [-0.2, -0.15) is 0 Å². The standard InChI is InChI=1S/C10H23NO7P2/c1-9(2)11(3)8-6-4-5-7-10(12,19(13,14)15)20(16,17)18/h12H,1,4-8H2,2-3H3,(H2,13,14,15)(H2,16,17,18). The first kappa shape index (κ1) is 19.8. The van der Waals surface area contributed by atoms with Crippen molar-refractivity contribution in [2.24, 2.45) is 0 Å². The molecule has 0 aromatic rings. The average molecular weight is 331 g/mol. The minimum absolute atomic E-state index is 0.0940. The molecule has 0 atom stereocenters. The maximum Gasteiger partial charge on any atom is 0.369 e. The van der Waals surface area contributed by atoms with Crippen molar-refractivity contribution in [2.45, 2.75) is 37.7 Å². The zero-order valence-corrected chi connectivity index (χ0v) is 13.4. The molecule has 0 unspecified atom stereocenters. The van der Waals surface area contributed by atoms with Crippen LogP contribution in [0.3, 0.4) is 0 Å². The number of unbranched alkanes of at least 4 members (excludes halogenated alkanes) is 2. The molecule has 0 fully saturated rings. The van der Waals surface area contributed by atoms with Crippen molar-refractivity contribution >= 4 is 15.2 Å². The van der Waals surface area contributed by atoms with Gasteiger partial charge in [0.15, 0.2) is 0 Å². The Morgan fingerprint density at radius 2 is 1.55 bits per heavy atom. The monoisotopic (exact) mass is 331 g/mol. The summed E-state index contributed by atoms with van der Waals surface area (Å²) in [6, 6.07) is 0. The molecule has 8 nitrogen and oxygen atoms in total. The molecule has 0 aromatic carbocycles. The van der Waals surface area contributed by atoms with E-state index in [9.17, 15) is 14.2 Å². The second-order valence-corrected chi connectivity index (χ2v) is 8.84. The van der Waals surface area contributed by atoms with Gasteiger partial charge in [0.1, 0.15) is 0 Å². The van der Waals surface area contributed by atoms with E-state index < -0.39 is 26.7 Å². The molecule has 0 bridgehead atoms. The lowest BCUT2D eigenvalue weighted by molar-refractivity contribution is 0.120. The molecule has 0 aliphatic carbocycles. The third kappa shape index (κ3) is 5.30. The molecule has 0 aromatic heterocycles. The molecule has 0 radical (unpaired) electrons. The van der Waals surface area contributed by atoms with Gasteiger partial charge in [0, 0.05) is 19.3 Å². The summed E-state index contributed by atoms with van der Waals surface area (Å²) in [6.07, 6.45) is 0.566. The topological polar surface area (TPSA) is 139 Å². The van der Waals surface area contributed by atoms with Crippen LogP contribution in [0.1, 0.15) is 32.6 Å². The van der Waals surface area contributed by atoms with Crippen LogP contribution in [-0.2, 0) is 9.13 Å². The van der Waals surface area contributed by atoms with Gasteiger partial charge in [0.25, 0.3) is 5.08 Å². The highest BCUT2D eigenvalue weighted by molar-refractivity contribution is 7.72. The highest BCUT2D eigenvalue weighted by Gasteiger charge is 2.58. The van der Waals surface area contributed by atoms with Gasteiger partial charge in [-0.15, -0.1) is 0 Å². The highest BCUT2D eigenvalue weighted by atomic mass is 31.2. The minimum Gasteiger partial charge on any atom is -0.379 e. The van der Waals surface area contributed by atoms with Gasteiger partial charge in [-0.05, 0) is 26.2 Å². The highest BCUT2D eigenvalue weighted by Crippen LogP contribution is 2.69. The van der Waals surface area contributed by atoms with E-state index >= 15 is 0 Å². The molecule has 0 saturated heterocycles. The maximum atomic E-state index is 11.1. The van der Waals surface area contributed by atoms with Gasteiger partial charge < -0.3 is 29.6 Å². The lowest BCUT2D eigenvalue weighted by atomic mass is 10.2. The number of hydrogen-bond acceptors (Lipinski definition) is 4. The minimum atomic E-state index is -5.32. The predicted octanol–water partition coefficient (Wildman–Crippen LogP) is 1.01. The Balaban J connectivity index is 4.44. The van der Waals surface area contributed by atoms with Crippen molar-refractivity contribution < 1.29 is 33.8 Å². The molecular formula is C10H23NO7P2. The molecule has 5 N–H and O–H groups in total. The Bertz CT molecular complexity index is 405. The molecule has 120 valence electrons. The first-order valence-corrected chi connectivity index (χ1v) is 9.25. The van der Waals surface area contributed by atoms with Crippen molar-refractivity contribution in [2.75, 3.05) is 13.6 Å². The van der Waals surface area contributed by atoms with E-state index in [1.807, 2.05) is 18.9 Å². The van der Waals surface area contributed by atoms with E-state index in [2.05, 4.69) is 6.58 Å². The summed E-state index contributed by atoms with van der Waals surface area (Å²) >= 11 is 0. The third-order valence-corrected chi connectivity index (χ3v) is 6.97. The molecular weight excluding hydrogens is 308 g/mol. The summed E-state index contributed by atoms with van der Waals surface area (Å²) in [5.74, 6) is 0. The van der Waals surface area contributed by atoms with Crippen LogP contribution in [-0.4, -0.2) is 48.3 Å². The van der Waals surface area contributed by atoms with Crippen molar-refractivity contribution in [3.05, 3.63) is 12.3 Å². The van der Waals surface area contributed by atoms with Crippen molar-refractivity contribution in [3.8, 4) is 0 Å². The molecule has 20 heavy (non-hydrogen) atoms. The van der Waals surface area contributed by atoms with Crippen LogP contribution in [0.4, 0.5) is 0 Å². The molecule has 0 aliphatic rings. The van der Waals surface area contributed by atoms with E-state index in [4.69, 9.17) is 19.6 Å². The summed E-state index contributed by atoms with van der Waals surface area (Å²) in [4.78, 5) is 37.6. The number of rotatable bonds is 9. The van der Waals surface area contributed by atoms with E-state index in [-0.39, 0.29) is 6.42 Å². The maximum absolute atomic E-state index is 11.1. The van der Waals surface area contributed by atoms with Crippen molar-refractivity contribution in [3.63, 3.8) is 0 Å². The van der Waals surface area contributed by atoms with Gasteiger partial charge >= 0.3 is 15.2 Å². The normalized spacial score (nSPS) is 13.3. The zero-order chi connectivity index (χ0) is 16.2. The van der Waals surface area contributed by atoms with Crippen LogP contribution in [0, 0.1) is 0 Å². The summed E-state index contributed by atoms with van der Waals surface area (Å²) in [6.45, 7) is 6.24. The molecule has 0 spiro atoms. The van der Waals surface area contributed by atoms with Crippen LogP contribution >= 0.6 is 15.2 Å².